The summed E-state index contributed by atoms with van der Waals surface area (Å²) in [5.41, 5.74) is 0. The Bertz CT molecular complexity index is 248. The summed E-state index contributed by atoms with van der Waals surface area (Å²) in [5, 5.41) is 1.48. The molecule has 2 fully saturated rings. The molecule has 0 saturated carbocycles. The Morgan fingerprint density at radius 1 is 0.789 bits per heavy atom. The number of ether oxygens (including phenoxy) is 1. The summed E-state index contributed by atoms with van der Waals surface area (Å²) in [4.78, 5) is 0. The van der Waals surface area contributed by atoms with Gasteiger partial charge in [-0.2, -0.15) is 23.5 Å². The predicted octanol–water partition coefficient (Wildman–Crippen LogP) is 4.69. The predicted molar refractivity (Wildman–Crippen MR) is 89.3 cm³/mol. The van der Waals surface area contributed by atoms with E-state index in [1.165, 1.54) is 50.0 Å². The van der Waals surface area contributed by atoms with E-state index in [0.29, 0.717) is 0 Å². The zero-order valence-corrected chi connectivity index (χ0v) is 13.4. The van der Waals surface area contributed by atoms with Crippen LogP contribution >= 0.6 is 23.5 Å². The van der Waals surface area contributed by atoms with Gasteiger partial charge in [-0.3, -0.25) is 0 Å². The summed E-state index contributed by atoms with van der Waals surface area (Å²) in [5.74, 6) is 2.66. The molecule has 0 N–H and O–H groups in total. The second kappa shape index (κ2) is 9.95. The summed E-state index contributed by atoms with van der Waals surface area (Å²) in [6.07, 6.45) is 17.4. The van der Waals surface area contributed by atoms with Gasteiger partial charge in [-0.15, -0.1) is 0 Å². The summed E-state index contributed by atoms with van der Waals surface area (Å²) < 4.78 is 5.62. The molecular weight excluding hydrogens is 272 g/mol. The van der Waals surface area contributed by atoms with Crippen LogP contribution in [0, 0.1) is 0 Å². The molecular formula is C16H26OS2. The van der Waals surface area contributed by atoms with Crippen molar-refractivity contribution in [1.29, 1.82) is 0 Å². The standard InChI is InChI=1S/C16H26OS2/c1-3-13-18-15(7-1)9-5-11-17-12-6-10-16-8-2-4-14-19-16/h5-6,9-10,15-16H,1-4,7-8,11-14H2. The minimum Gasteiger partial charge on any atom is -0.373 e. The highest BCUT2D eigenvalue weighted by Gasteiger charge is 2.10. The fraction of sp³-hybridized carbons (Fsp3) is 0.750. The second-order valence-electron chi connectivity index (χ2n) is 5.20. The van der Waals surface area contributed by atoms with Gasteiger partial charge in [0, 0.05) is 10.5 Å². The average molecular weight is 299 g/mol. The zero-order valence-electron chi connectivity index (χ0n) is 11.8. The largest absolute Gasteiger partial charge is 0.373 e. The van der Waals surface area contributed by atoms with E-state index in [1.807, 2.05) is 0 Å². The first-order chi connectivity index (χ1) is 9.45. The molecule has 0 aromatic heterocycles. The van der Waals surface area contributed by atoms with Crippen LogP contribution in [0.5, 0.6) is 0 Å². The highest BCUT2D eigenvalue weighted by Crippen LogP contribution is 2.26. The SMILES string of the molecule is C(=CC1CCCCS1)COCC=CC1CCCCS1. The van der Waals surface area contributed by atoms with Gasteiger partial charge in [-0.25, -0.2) is 0 Å². The van der Waals surface area contributed by atoms with Crippen LogP contribution in [0.15, 0.2) is 24.3 Å². The van der Waals surface area contributed by atoms with E-state index in [4.69, 9.17) is 4.74 Å². The van der Waals surface area contributed by atoms with Gasteiger partial charge in [0.1, 0.15) is 0 Å². The fourth-order valence-corrected chi connectivity index (χ4v) is 4.91. The van der Waals surface area contributed by atoms with E-state index >= 15 is 0 Å². The maximum Gasteiger partial charge on any atom is 0.0652 e. The zero-order chi connectivity index (χ0) is 13.2. The lowest BCUT2D eigenvalue weighted by atomic mass is 10.2. The Morgan fingerprint density at radius 3 is 1.74 bits per heavy atom. The molecule has 0 spiro atoms. The van der Waals surface area contributed by atoms with Gasteiger partial charge in [0.25, 0.3) is 0 Å². The first-order valence-electron chi connectivity index (χ1n) is 7.59. The molecule has 2 saturated heterocycles. The lowest BCUT2D eigenvalue weighted by molar-refractivity contribution is 0.193. The Hall–Kier alpha value is 0.140. The van der Waals surface area contributed by atoms with Gasteiger partial charge >= 0.3 is 0 Å². The normalized spacial score (nSPS) is 29.3. The van der Waals surface area contributed by atoms with E-state index in [9.17, 15) is 0 Å². The van der Waals surface area contributed by atoms with Crippen LogP contribution in [-0.2, 0) is 4.74 Å². The Kier molecular flexibility index (Phi) is 8.13. The lowest BCUT2D eigenvalue weighted by Crippen LogP contribution is -2.06. The number of hydrogen-bond donors (Lipinski definition) is 0. The molecule has 19 heavy (non-hydrogen) atoms. The van der Waals surface area contributed by atoms with Crippen molar-refractivity contribution in [3.8, 4) is 0 Å². The molecule has 2 unspecified atom stereocenters. The van der Waals surface area contributed by atoms with E-state index in [2.05, 4.69) is 47.8 Å². The molecule has 2 aliphatic heterocycles. The lowest BCUT2D eigenvalue weighted by Gasteiger charge is -2.17. The Labute approximate surface area is 126 Å². The fourth-order valence-electron chi connectivity index (χ4n) is 2.45. The van der Waals surface area contributed by atoms with Crippen molar-refractivity contribution in [2.75, 3.05) is 24.7 Å². The van der Waals surface area contributed by atoms with Crippen LogP contribution in [0.2, 0.25) is 0 Å². The van der Waals surface area contributed by atoms with Crippen LogP contribution in [0.3, 0.4) is 0 Å². The molecule has 2 aliphatic rings. The van der Waals surface area contributed by atoms with Gasteiger partial charge in [0.15, 0.2) is 0 Å². The third kappa shape index (κ3) is 6.92. The number of rotatable bonds is 6. The molecule has 108 valence electrons. The smallest absolute Gasteiger partial charge is 0.0652 e. The summed E-state index contributed by atoms with van der Waals surface area (Å²) in [6.45, 7) is 1.53. The van der Waals surface area contributed by atoms with Crippen LogP contribution in [0.1, 0.15) is 38.5 Å². The molecule has 0 aromatic carbocycles. The first kappa shape index (κ1) is 15.5. The van der Waals surface area contributed by atoms with Crippen LogP contribution in [0.4, 0.5) is 0 Å². The Morgan fingerprint density at radius 2 is 1.32 bits per heavy atom. The van der Waals surface area contributed by atoms with Crippen molar-refractivity contribution >= 4 is 23.5 Å². The van der Waals surface area contributed by atoms with Gasteiger partial charge in [-0.1, -0.05) is 37.1 Å². The molecule has 2 rings (SSSR count). The molecule has 3 heteroatoms. The van der Waals surface area contributed by atoms with Crippen molar-refractivity contribution in [2.24, 2.45) is 0 Å². The van der Waals surface area contributed by atoms with E-state index < -0.39 is 0 Å². The molecule has 2 heterocycles. The van der Waals surface area contributed by atoms with E-state index in [1.54, 1.807) is 0 Å². The Balaban J connectivity index is 1.49. The van der Waals surface area contributed by atoms with Crippen LogP contribution in [0.25, 0.3) is 0 Å². The molecule has 1 nitrogen and oxygen atoms in total. The van der Waals surface area contributed by atoms with Gasteiger partial charge < -0.3 is 4.74 Å². The van der Waals surface area contributed by atoms with Crippen LogP contribution < -0.4 is 0 Å². The highest BCUT2D eigenvalue weighted by atomic mass is 32.2. The highest BCUT2D eigenvalue weighted by molar-refractivity contribution is 8.00. The minimum atomic E-state index is 0.742. The summed E-state index contributed by atoms with van der Waals surface area (Å²) >= 11 is 4.18. The maximum atomic E-state index is 5.62. The van der Waals surface area contributed by atoms with Crippen LogP contribution in [-0.4, -0.2) is 35.2 Å². The monoisotopic (exact) mass is 298 g/mol. The van der Waals surface area contributed by atoms with Crippen molar-refractivity contribution in [3.05, 3.63) is 24.3 Å². The van der Waals surface area contributed by atoms with Gasteiger partial charge in [0.05, 0.1) is 13.2 Å². The summed E-state index contributed by atoms with van der Waals surface area (Å²) in [7, 11) is 0. The minimum absolute atomic E-state index is 0.742. The third-order valence-corrected chi connectivity index (χ3v) is 6.25. The second-order valence-corrected chi connectivity index (χ2v) is 7.90. The molecule has 0 aromatic rings. The topological polar surface area (TPSA) is 9.23 Å². The molecule has 0 radical (unpaired) electrons. The molecule has 0 bridgehead atoms. The van der Waals surface area contributed by atoms with Crippen molar-refractivity contribution < 1.29 is 4.74 Å². The first-order valence-corrected chi connectivity index (χ1v) is 9.69. The quantitative estimate of drug-likeness (QED) is 0.520. The third-order valence-electron chi connectivity index (χ3n) is 3.56. The maximum absolute atomic E-state index is 5.62. The van der Waals surface area contributed by atoms with E-state index in [-0.39, 0.29) is 0 Å². The molecule has 0 aliphatic carbocycles. The van der Waals surface area contributed by atoms with Gasteiger partial charge in [-0.05, 0) is 37.2 Å². The van der Waals surface area contributed by atoms with Crippen molar-refractivity contribution in [3.63, 3.8) is 0 Å². The van der Waals surface area contributed by atoms with E-state index in [0.717, 1.165) is 23.7 Å². The molecule has 2 atom stereocenters. The van der Waals surface area contributed by atoms with Crippen molar-refractivity contribution in [2.45, 2.75) is 49.0 Å². The number of thioether (sulfide) groups is 2. The van der Waals surface area contributed by atoms with Crippen molar-refractivity contribution in [1.82, 2.24) is 0 Å². The molecule has 0 amide bonds. The number of hydrogen-bond acceptors (Lipinski definition) is 3. The summed E-state index contributed by atoms with van der Waals surface area (Å²) in [6, 6.07) is 0. The van der Waals surface area contributed by atoms with Gasteiger partial charge in [0.2, 0.25) is 0 Å². The average Bonchev–Trinajstić information content (AvgIpc) is 2.48.